The maximum absolute atomic E-state index is 12.4. The molecule has 0 N–H and O–H groups in total. The van der Waals surface area contributed by atoms with Crippen LogP contribution in [0.25, 0.3) is 0 Å². The largest absolute Gasteiger partial charge is 0.496 e. The third-order valence-electron chi connectivity index (χ3n) is 2.10. The van der Waals surface area contributed by atoms with Crippen LogP contribution in [0, 0.1) is 0 Å². The number of methoxy groups -OCH3 is 1. The van der Waals surface area contributed by atoms with Crippen molar-refractivity contribution in [3.63, 3.8) is 0 Å². The molecule has 1 aromatic carbocycles. The zero-order valence-electron chi connectivity index (χ0n) is 8.84. The highest BCUT2D eigenvalue weighted by atomic mass is 79.9. The standard InChI is InChI=1S/C11H11BrF2O2/c1-6(12)10(15)8-4-3-7(11(13)14)5-9(8)16-2/h3-6,11H,1-2H3. The van der Waals surface area contributed by atoms with Crippen molar-refractivity contribution in [2.24, 2.45) is 0 Å². The topological polar surface area (TPSA) is 26.3 Å². The predicted octanol–water partition coefficient (Wildman–Crippen LogP) is 3.60. The van der Waals surface area contributed by atoms with E-state index in [9.17, 15) is 13.6 Å². The second-order valence-electron chi connectivity index (χ2n) is 3.24. The Kier molecular flexibility index (Phi) is 4.41. The lowest BCUT2D eigenvalue weighted by molar-refractivity contribution is 0.0992. The van der Waals surface area contributed by atoms with E-state index in [0.717, 1.165) is 0 Å². The molecule has 0 bridgehead atoms. The van der Waals surface area contributed by atoms with E-state index in [2.05, 4.69) is 15.9 Å². The quantitative estimate of drug-likeness (QED) is 0.626. The van der Waals surface area contributed by atoms with Crippen molar-refractivity contribution < 1.29 is 18.3 Å². The number of halogens is 3. The van der Waals surface area contributed by atoms with Gasteiger partial charge in [-0.15, -0.1) is 0 Å². The molecule has 0 fully saturated rings. The highest BCUT2D eigenvalue weighted by molar-refractivity contribution is 9.10. The molecule has 2 nitrogen and oxygen atoms in total. The van der Waals surface area contributed by atoms with Crippen molar-refractivity contribution >= 4 is 21.7 Å². The molecule has 1 aromatic rings. The summed E-state index contributed by atoms with van der Waals surface area (Å²) in [6, 6.07) is 3.78. The second-order valence-corrected chi connectivity index (χ2v) is 4.61. The molecule has 0 aromatic heterocycles. The molecule has 1 atom stereocenters. The minimum absolute atomic E-state index is 0.157. The van der Waals surface area contributed by atoms with Gasteiger partial charge in [0.25, 0.3) is 6.43 Å². The number of carbonyl (C=O) groups is 1. The molecule has 1 unspecified atom stereocenters. The number of rotatable bonds is 4. The van der Waals surface area contributed by atoms with Crippen LogP contribution >= 0.6 is 15.9 Å². The molecule has 0 amide bonds. The third-order valence-corrected chi connectivity index (χ3v) is 2.52. The Bertz CT molecular complexity index is 392. The average Bonchev–Trinajstić information content (AvgIpc) is 2.26. The lowest BCUT2D eigenvalue weighted by Gasteiger charge is -2.10. The van der Waals surface area contributed by atoms with E-state index in [1.165, 1.54) is 25.3 Å². The van der Waals surface area contributed by atoms with Crippen LogP contribution in [0.2, 0.25) is 0 Å². The molecule has 0 saturated heterocycles. The van der Waals surface area contributed by atoms with Gasteiger partial charge in [0.1, 0.15) is 5.75 Å². The lowest BCUT2D eigenvalue weighted by atomic mass is 10.1. The zero-order chi connectivity index (χ0) is 12.3. The monoisotopic (exact) mass is 292 g/mol. The predicted molar refractivity (Wildman–Crippen MR) is 60.7 cm³/mol. The van der Waals surface area contributed by atoms with Crippen LogP contribution < -0.4 is 4.74 Å². The average molecular weight is 293 g/mol. The van der Waals surface area contributed by atoms with Gasteiger partial charge in [0, 0.05) is 5.56 Å². The maximum atomic E-state index is 12.4. The summed E-state index contributed by atoms with van der Waals surface area (Å²) in [4.78, 5) is 11.3. The number of hydrogen-bond acceptors (Lipinski definition) is 2. The minimum atomic E-state index is -2.57. The number of ketones is 1. The summed E-state index contributed by atoms with van der Waals surface area (Å²) in [5.41, 5.74) is 0.145. The van der Waals surface area contributed by atoms with E-state index in [1.54, 1.807) is 6.92 Å². The van der Waals surface area contributed by atoms with Crippen molar-refractivity contribution in [2.75, 3.05) is 7.11 Å². The highest BCUT2D eigenvalue weighted by Crippen LogP contribution is 2.28. The minimum Gasteiger partial charge on any atom is -0.496 e. The first kappa shape index (κ1) is 13.1. The Morgan fingerprint density at radius 2 is 2.06 bits per heavy atom. The molecular formula is C11H11BrF2O2. The van der Waals surface area contributed by atoms with Gasteiger partial charge in [-0.3, -0.25) is 4.79 Å². The van der Waals surface area contributed by atoms with Gasteiger partial charge in [0.15, 0.2) is 5.78 Å². The van der Waals surface area contributed by atoms with E-state index in [1.807, 2.05) is 0 Å². The molecule has 88 valence electrons. The van der Waals surface area contributed by atoms with Gasteiger partial charge >= 0.3 is 0 Å². The summed E-state index contributed by atoms with van der Waals surface area (Å²) in [5, 5.41) is 0. The fraction of sp³-hybridized carbons (Fsp3) is 0.364. The van der Waals surface area contributed by atoms with Gasteiger partial charge in [-0.25, -0.2) is 8.78 Å². The molecule has 1 rings (SSSR count). The van der Waals surface area contributed by atoms with Crippen molar-refractivity contribution in [3.05, 3.63) is 29.3 Å². The van der Waals surface area contributed by atoms with Gasteiger partial charge in [-0.2, -0.15) is 0 Å². The van der Waals surface area contributed by atoms with Gasteiger partial charge in [0.05, 0.1) is 17.5 Å². The normalized spacial score (nSPS) is 12.6. The number of alkyl halides is 3. The van der Waals surface area contributed by atoms with E-state index in [0.29, 0.717) is 5.56 Å². The number of Topliss-reactive ketones (excluding diaryl/α,β-unsaturated/α-hetero) is 1. The molecule has 0 aliphatic rings. The van der Waals surface area contributed by atoms with Crippen molar-refractivity contribution in [1.82, 2.24) is 0 Å². The maximum Gasteiger partial charge on any atom is 0.263 e. The van der Waals surface area contributed by atoms with Crippen LogP contribution in [0.5, 0.6) is 5.75 Å². The molecular weight excluding hydrogens is 282 g/mol. The first-order valence-corrected chi connectivity index (χ1v) is 5.53. The summed E-state index contributed by atoms with van der Waals surface area (Å²) < 4.78 is 29.8. The lowest BCUT2D eigenvalue weighted by Crippen LogP contribution is -2.11. The van der Waals surface area contributed by atoms with Crippen molar-refractivity contribution in [1.29, 1.82) is 0 Å². The first-order chi connectivity index (χ1) is 7.47. The number of carbonyl (C=O) groups excluding carboxylic acids is 1. The Hall–Kier alpha value is -0.970. The van der Waals surface area contributed by atoms with Gasteiger partial charge < -0.3 is 4.74 Å². The summed E-state index contributed by atoms with van der Waals surface area (Å²) in [5.74, 6) is -0.0215. The molecule has 0 aliphatic heterocycles. The highest BCUT2D eigenvalue weighted by Gasteiger charge is 2.18. The van der Waals surface area contributed by atoms with Crippen LogP contribution in [0.15, 0.2) is 18.2 Å². The summed E-state index contributed by atoms with van der Waals surface area (Å²) >= 11 is 3.13. The van der Waals surface area contributed by atoms with E-state index >= 15 is 0 Å². The fourth-order valence-corrected chi connectivity index (χ4v) is 1.51. The Morgan fingerprint density at radius 3 is 2.50 bits per heavy atom. The number of hydrogen-bond donors (Lipinski definition) is 0. The summed E-state index contributed by atoms with van der Waals surface area (Å²) in [6.45, 7) is 1.67. The van der Waals surface area contributed by atoms with Gasteiger partial charge in [0.2, 0.25) is 0 Å². The van der Waals surface area contributed by atoms with Crippen LogP contribution in [-0.2, 0) is 0 Å². The van der Waals surface area contributed by atoms with E-state index < -0.39 is 6.43 Å². The second kappa shape index (κ2) is 5.39. The molecule has 0 radical (unpaired) electrons. The van der Waals surface area contributed by atoms with Crippen LogP contribution in [0.1, 0.15) is 29.3 Å². The smallest absolute Gasteiger partial charge is 0.263 e. The van der Waals surface area contributed by atoms with Gasteiger partial charge in [-0.1, -0.05) is 22.0 Å². The van der Waals surface area contributed by atoms with Crippen LogP contribution in [0.3, 0.4) is 0 Å². The summed E-state index contributed by atoms with van der Waals surface area (Å²) in [6.07, 6.45) is -2.57. The van der Waals surface area contributed by atoms with Crippen LogP contribution in [-0.4, -0.2) is 17.7 Å². The molecule has 0 heterocycles. The Morgan fingerprint density at radius 1 is 1.44 bits per heavy atom. The molecule has 0 saturated carbocycles. The molecule has 5 heteroatoms. The molecule has 0 aliphatic carbocycles. The van der Waals surface area contributed by atoms with Crippen molar-refractivity contribution in [2.45, 2.75) is 18.2 Å². The molecule has 16 heavy (non-hydrogen) atoms. The summed E-state index contributed by atoms with van der Waals surface area (Å²) in [7, 11) is 1.35. The first-order valence-electron chi connectivity index (χ1n) is 4.61. The Balaban J connectivity index is 3.17. The van der Waals surface area contributed by atoms with E-state index in [4.69, 9.17) is 4.74 Å². The van der Waals surface area contributed by atoms with Crippen LogP contribution in [0.4, 0.5) is 8.78 Å². The zero-order valence-corrected chi connectivity index (χ0v) is 10.4. The molecule has 0 spiro atoms. The fourth-order valence-electron chi connectivity index (χ4n) is 1.26. The third kappa shape index (κ3) is 2.78. The number of benzene rings is 1. The van der Waals surface area contributed by atoms with Crippen molar-refractivity contribution in [3.8, 4) is 5.75 Å². The van der Waals surface area contributed by atoms with Gasteiger partial charge in [-0.05, 0) is 19.1 Å². The Labute approximate surface area is 101 Å². The number of ether oxygens (including phenoxy) is 1. The van der Waals surface area contributed by atoms with E-state index in [-0.39, 0.29) is 21.9 Å². The SMILES string of the molecule is COc1cc(C(F)F)ccc1C(=O)C(C)Br.